The number of methoxy groups -OCH3 is 1. The van der Waals surface area contributed by atoms with Crippen molar-refractivity contribution in [2.75, 3.05) is 13.7 Å². The van der Waals surface area contributed by atoms with Crippen molar-refractivity contribution >= 4 is 23.2 Å². The normalized spacial score (nSPS) is 23.6. The van der Waals surface area contributed by atoms with Gasteiger partial charge in [-0.15, -0.1) is 11.3 Å². The van der Waals surface area contributed by atoms with E-state index in [0.717, 1.165) is 16.0 Å². The van der Waals surface area contributed by atoms with Crippen molar-refractivity contribution in [3.05, 3.63) is 57.8 Å². The molecule has 132 valence electrons. The first kappa shape index (κ1) is 17.7. The zero-order valence-electron chi connectivity index (χ0n) is 14.8. The van der Waals surface area contributed by atoms with Crippen molar-refractivity contribution in [1.82, 2.24) is 4.90 Å². The molecular formula is C20H23NO3S. The lowest BCUT2D eigenvalue weighted by molar-refractivity contribution is -0.156. The lowest BCUT2D eigenvalue weighted by atomic mass is 9.75. The number of thiophene rings is 1. The molecule has 0 unspecified atom stereocenters. The van der Waals surface area contributed by atoms with Crippen LogP contribution in [0, 0.1) is 12.8 Å². The fourth-order valence-electron chi connectivity index (χ4n) is 3.73. The Kier molecular flexibility index (Phi) is 5.23. The summed E-state index contributed by atoms with van der Waals surface area (Å²) in [4.78, 5) is 28.4. The molecule has 2 aromatic rings. The van der Waals surface area contributed by atoms with E-state index in [-0.39, 0.29) is 23.8 Å². The molecule has 1 saturated heterocycles. The maximum Gasteiger partial charge on any atom is 0.311 e. The number of hydrogen-bond acceptors (Lipinski definition) is 4. The summed E-state index contributed by atoms with van der Waals surface area (Å²) in [6, 6.07) is 11.8. The van der Waals surface area contributed by atoms with Gasteiger partial charge in [0.1, 0.15) is 0 Å². The maximum atomic E-state index is 12.8. The Morgan fingerprint density at radius 2 is 2.00 bits per heavy atom. The molecule has 1 aliphatic heterocycles. The third kappa shape index (κ3) is 3.33. The highest BCUT2D eigenvalue weighted by molar-refractivity contribution is 7.10. The zero-order valence-corrected chi connectivity index (χ0v) is 15.6. The molecule has 0 bridgehead atoms. The van der Waals surface area contributed by atoms with Crippen molar-refractivity contribution in [3.63, 3.8) is 0 Å². The number of aryl methyl sites for hydroxylation is 1. The quantitative estimate of drug-likeness (QED) is 0.779. The predicted octanol–water partition coefficient (Wildman–Crippen LogP) is 3.92. The Balaban J connectivity index is 2.11. The second-order valence-corrected chi connectivity index (χ2v) is 7.39. The predicted molar refractivity (Wildman–Crippen MR) is 98.5 cm³/mol. The highest BCUT2D eigenvalue weighted by atomic mass is 32.1. The number of carbonyl (C=O) groups is 2. The summed E-state index contributed by atoms with van der Waals surface area (Å²) in [5.41, 5.74) is 2.14. The smallest absolute Gasteiger partial charge is 0.311 e. The van der Waals surface area contributed by atoms with Gasteiger partial charge in [-0.2, -0.15) is 0 Å². The van der Waals surface area contributed by atoms with E-state index in [1.807, 2.05) is 60.5 Å². The fourth-order valence-corrected chi connectivity index (χ4v) is 4.61. The van der Waals surface area contributed by atoms with Gasteiger partial charge in [-0.05, 0) is 30.9 Å². The van der Waals surface area contributed by atoms with Crippen molar-refractivity contribution in [3.8, 4) is 0 Å². The van der Waals surface area contributed by atoms with E-state index in [0.29, 0.717) is 13.0 Å². The van der Waals surface area contributed by atoms with Gasteiger partial charge in [-0.25, -0.2) is 0 Å². The summed E-state index contributed by atoms with van der Waals surface area (Å²) in [7, 11) is 1.42. The molecule has 0 radical (unpaired) electrons. The van der Waals surface area contributed by atoms with E-state index in [2.05, 4.69) is 0 Å². The van der Waals surface area contributed by atoms with Crippen LogP contribution in [-0.2, 0) is 14.3 Å². The van der Waals surface area contributed by atoms with Crippen LogP contribution >= 0.6 is 11.3 Å². The Bertz CT molecular complexity index is 739. The van der Waals surface area contributed by atoms with E-state index in [1.54, 1.807) is 11.3 Å². The van der Waals surface area contributed by atoms with E-state index in [1.165, 1.54) is 7.11 Å². The first-order valence-corrected chi connectivity index (χ1v) is 9.42. The van der Waals surface area contributed by atoms with Crippen LogP contribution in [0.15, 0.2) is 41.8 Å². The number of ether oxygens (including phenoxy) is 1. The molecule has 4 nitrogen and oxygen atoms in total. The van der Waals surface area contributed by atoms with Crippen LogP contribution in [0.25, 0.3) is 0 Å². The number of hydrogen-bond donors (Lipinski definition) is 0. The van der Waals surface area contributed by atoms with Crippen LogP contribution in [0.5, 0.6) is 0 Å². The van der Waals surface area contributed by atoms with Crippen molar-refractivity contribution in [1.29, 1.82) is 0 Å². The average Bonchev–Trinajstić information content (AvgIpc) is 3.15. The van der Waals surface area contributed by atoms with Gasteiger partial charge < -0.3 is 9.64 Å². The van der Waals surface area contributed by atoms with Crippen molar-refractivity contribution in [2.45, 2.75) is 32.2 Å². The number of esters is 1. The second-order valence-electron chi connectivity index (χ2n) is 6.41. The van der Waals surface area contributed by atoms with Crippen LogP contribution < -0.4 is 0 Å². The second kappa shape index (κ2) is 7.40. The number of likely N-dealkylation sites (tertiary alicyclic amines) is 1. The molecule has 3 atom stereocenters. The van der Waals surface area contributed by atoms with Crippen molar-refractivity contribution in [2.24, 2.45) is 5.92 Å². The van der Waals surface area contributed by atoms with Crippen molar-refractivity contribution < 1.29 is 14.3 Å². The van der Waals surface area contributed by atoms with Gasteiger partial charge in [-0.3, -0.25) is 9.59 Å². The Morgan fingerprint density at radius 1 is 1.28 bits per heavy atom. The Hall–Kier alpha value is -2.14. The number of nitrogens with zero attached hydrogens (tertiary/aromatic N) is 1. The molecule has 1 aromatic carbocycles. The summed E-state index contributed by atoms with van der Waals surface area (Å²) < 4.78 is 5.15. The van der Waals surface area contributed by atoms with Crippen LogP contribution in [-0.4, -0.2) is 30.4 Å². The standard InChI is InChI=1S/C20H23NO3S/c1-4-21-17(22)12-15(16-6-5-11-25-16)18(20(23)24-3)19(21)14-9-7-13(2)8-10-14/h5-11,15,18-19H,4,12H2,1-3H3/t15-,18+,19-/m1/s1. The van der Waals surface area contributed by atoms with Gasteiger partial charge in [-0.1, -0.05) is 35.9 Å². The first-order valence-electron chi connectivity index (χ1n) is 8.54. The molecule has 3 rings (SSSR count). The molecule has 25 heavy (non-hydrogen) atoms. The molecule has 2 heterocycles. The summed E-state index contributed by atoms with van der Waals surface area (Å²) >= 11 is 1.59. The minimum Gasteiger partial charge on any atom is -0.469 e. The monoisotopic (exact) mass is 357 g/mol. The lowest BCUT2D eigenvalue weighted by Crippen LogP contribution is -2.48. The third-order valence-electron chi connectivity index (χ3n) is 4.97. The first-order chi connectivity index (χ1) is 12.1. The molecule has 0 saturated carbocycles. The Morgan fingerprint density at radius 3 is 2.56 bits per heavy atom. The topological polar surface area (TPSA) is 46.6 Å². The van der Waals surface area contributed by atoms with E-state index >= 15 is 0 Å². The largest absolute Gasteiger partial charge is 0.469 e. The van der Waals surface area contributed by atoms with E-state index < -0.39 is 5.92 Å². The molecule has 0 N–H and O–H groups in total. The van der Waals surface area contributed by atoms with Gasteiger partial charge >= 0.3 is 5.97 Å². The van der Waals surface area contributed by atoms with Gasteiger partial charge in [0.25, 0.3) is 0 Å². The van der Waals surface area contributed by atoms with Crippen LogP contribution in [0.3, 0.4) is 0 Å². The van der Waals surface area contributed by atoms with Gasteiger partial charge in [0.05, 0.1) is 19.1 Å². The molecule has 1 aromatic heterocycles. The molecule has 0 spiro atoms. The van der Waals surface area contributed by atoms with Gasteiger partial charge in [0.2, 0.25) is 5.91 Å². The summed E-state index contributed by atoms with van der Waals surface area (Å²) in [5, 5.41) is 1.99. The molecule has 1 fully saturated rings. The van der Waals surface area contributed by atoms with Crippen LogP contribution in [0.1, 0.15) is 41.3 Å². The number of piperidine rings is 1. The maximum absolute atomic E-state index is 12.8. The van der Waals surface area contributed by atoms with E-state index in [4.69, 9.17) is 4.74 Å². The third-order valence-corrected chi connectivity index (χ3v) is 5.97. The number of amides is 1. The molecule has 5 heteroatoms. The molecule has 1 amide bonds. The highest BCUT2D eigenvalue weighted by Gasteiger charge is 2.47. The van der Waals surface area contributed by atoms with Crippen LogP contribution in [0.4, 0.5) is 0 Å². The SMILES string of the molecule is CCN1C(=O)C[C@H](c2cccs2)[C@H](C(=O)OC)[C@H]1c1ccc(C)cc1. The molecule has 1 aliphatic rings. The minimum absolute atomic E-state index is 0.0895. The number of carbonyl (C=O) groups excluding carboxylic acids is 2. The van der Waals surface area contributed by atoms with Gasteiger partial charge in [0, 0.05) is 23.8 Å². The lowest BCUT2D eigenvalue weighted by Gasteiger charge is -2.43. The average molecular weight is 357 g/mol. The van der Waals surface area contributed by atoms with E-state index in [9.17, 15) is 9.59 Å². The Labute approximate surface area is 152 Å². The number of rotatable bonds is 4. The molecular weight excluding hydrogens is 334 g/mol. The summed E-state index contributed by atoms with van der Waals surface area (Å²) in [5.74, 6) is -0.709. The zero-order chi connectivity index (χ0) is 18.0. The fraction of sp³-hybridized carbons (Fsp3) is 0.400. The minimum atomic E-state index is -0.399. The molecule has 0 aliphatic carbocycles. The summed E-state index contributed by atoms with van der Waals surface area (Å²) in [6.07, 6.45) is 0.344. The number of benzene rings is 1. The highest BCUT2D eigenvalue weighted by Crippen LogP contribution is 2.46. The van der Waals surface area contributed by atoms with Gasteiger partial charge in [0.15, 0.2) is 0 Å². The van der Waals surface area contributed by atoms with Crippen LogP contribution in [0.2, 0.25) is 0 Å². The summed E-state index contributed by atoms with van der Waals surface area (Å²) in [6.45, 7) is 4.56.